The maximum absolute atomic E-state index is 11.8. The van der Waals surface area contributed by atoms with Crippen LogP contribution in [0.1, 0.15) is 40.0 Å². The summed E-state index contributed by atoms with van der Waals surface area (Å²) in [5, 5.41) is 9.28. The van der Waals surface area contributed by atoms with Gasteiger partial charge in [0.25, 0.3) is 0 Å². The molecule has 1 aliphatic rings. The minimum absolute atomic E-state index is 0.00879. The third kappa shape index (κ3) is 4.28. The van der Waals surface area contributed by atoms with Crippen molar-refractivity contribution in [3.8, 4) is 0 Å². The van der Waals surface area contributed by atoms with Crippen molar-refractivity contribution in [1.29, 1.82) is 0 Å². The average Bonchev–Trinajstić information content (AvgIpc) is 3.29. The third-order valence-electron chi connectivity index (χ3n) is 4.44. The van der Waals surface area contributed by atoms with Gasteiger partial charge in [-0.25, -0.2) is 14.6 Å². The molecule has 0 saturated carbocycles. The summed E-state index contributed by atoms with van der Waals surface area (Å²) in [6, 6.07) is 0. The first-order chi connectivity index (χ1) is 12.6. The average molecular weight is 377 g/mol. The van der Waals surface area contributed by atoms with Gasteiger partial charge in [-0.2, -0.15) is 5.10 Å². The van der Waals surface area contributed by atoms with Crippen LogP contribution in [0.3, 0.4) is 0 Å². The number of carbonyl (C=O) groups excluding carboxylic acids is 1. The number of nitrogens with zero attached hydrogens (tertiary/aromatic N) is 5. The Morgan fingerprint density at radius 2 is 2.08 bits per heavy atom. The molecule has 2 aromatic rings. The molecule has 2 aromatic heterocycles. The second-order valence-corrected chi connectivity index (χ2v) is 7.99. The molecule has 0 radical (unpaired) electrons. The molecule has 0 atom stereocenters. The van der Waals surface area contributed by atoms with Gasteiger partial charge in [-0.3, -0.25) is 4.79 Å². The fourth-order valence-electron chi connectivity index (χ4n) is 3.00. The van der Waals surface area contributed by atoms with Crippen molar-refractivity contribution < 1.29 is 4.79 Å². The van der Waals surface area contributed by atoms with Crippen LogP contribution in [0, 0.1) is 5.92 Å². The number of carbonyl (C=O) groups is 1. The molecule has 0 aromatic carbocycles. The zero-order valence-corrected chi connectivity index (χ0v) is 16.7. The van der Waals surface area contributed by atoms with Gasteiger partial charge < -0.3 is 10.2 Å². The summed E-state index contributed by atoms with van der Waals surface area (Å²) in [7, 11) is 0. The molecule has 0 unspecified atom stereocenters. The fourth-order valence-corrected chi connectivity index (χ4v) is 3.69. The Morgan fingerprint density at radius 1 is 1.31 bits per heavy atom. The maximum Gasteiger partial charge on any atom is 0.222 e. The number of amides is 1. The molecule has 1 amide bonds. The molecular weight excluding hydrogens is 348 g/mol. The van der Waals surface area contributed by atoms with Gasteiger partial charge in [-0.05, 0) is 19.3 Å². The Hall–Kier alpha value is -1.83. The zero-order chi connectivity index (χ0) is 18.5. The second-order valence-electron chi connectivity index (χ2n) is 6.92. The number of aromatic nitrogens is 4. The number of nitrogens with one attached hydrogen (secondary N) is 1. The highest BCUT2D eigenvalue weighted by Gasteiger charge is 2.20. The summed E-state index contributed by atoms with van der Waals surface area (Å²) in [6.07, 6.45) is 5.36. The van der Waals surface area contributed by atoms with Crippen molar-refractivity contribution in [3.63, 3.8) is 0 Å². The van der Waals surface area contributed by atoms with Crippen LogP contribution in [0.25, 0.3) is 11.0 Å². The van der Waals surface area contributed by atoms with Crippen LogP contribution in [0.4, 0.5) is 5.82 Å². The van der Waals surface area contributed by atoms with E-state index in [0.717, 1.165) is 47.3 Å². The molecule has 1 aliphatic heterocycles. The van der Waals surface area contributed by atoms with E-state index >= 15 is 0 Å². The highest BCUT2D eigenvalue weighted by Crippen LogP contribution is 2.29. The number of anilines is 1. The van der Waals surface area contributed by atoms with E-state index in [9.17, 15) is 4.79 Å². The van der Waals surface area contributed by atoms with Crippen LogP contribution in [0.2, 0.25) is 0 Å². The van der Waals surface area contributed by atoms with E-state index in [4.69, 9.17) is 9.97 Å². The van der Waals surface area contributed by atoms with E-state index in [1.807, 2.05) is 24.7 Å². The first-order valence-corrected chi connectivity index (χ1v) is 10.5. The topological polar surface area (TPSA) is 75.9 Å². The van der Waals surface area contributed by atoms with E-state index in [2.05, 4.69) is 22.2 Å². The van der Waals surface area contributed by atoms with Gasteiger partial charge in [0, 0.05) is 31.3 Å². The Kier molecular flexibility index (Phi) is 6.34. The van der Waals surface area contributed by atoms with Crippen LogP contribution < -0.4 is 10.2 Å². The van der Waals surface area contributed by atoms with Crippen molar-refractivity contribution in [2.75, 3.05) is 30.3 Å². The SMILES string of the molecule is CCCSc1nc(N2CCCC2)c2cnn(CCNC(=O)C(C)C)c2n1. The summed E-state index contributed by atoms with van der Waals surface area (Å²) >= 11 is 1.69. The van der Waals surface area contributed by atoms with E-state index in [1.54, 1.807) is 11.8 Å². The van der Waals surface area contributed by atoms with E-state index in [0.29, 0.717) is 13.1 Å². The van der Waals surface area contributed by atoms with Crippen LogP contribution in [-0.2, 0) is 11.3 Å². The maximum atomic E-state index is 11.8. The molecule has 8 heteroatoms. The molecular formula is C18H28N6OS. The smallest absolute Gasteiger partial charge is 0.222 e. The number of thioether (sulfide) groups is 1. The molecule has 3 rings (SSSR count). The van der Waals surface area contributed by atoms with Crippen molar-refractivity contribution in [2.45, 2.75) is 51.7 Å². The molecule has 142 valence electrons. The number of hydrogen-bond donors (Lipinski definition) is 1. The summed E-state index contributed by atoms with van der Waals surface area (Å²) in [4.78, 5) is 23.7. The van der Waals surface area contributed by atoms with Crippen LogP contribution in [0.15, 0.2) is 11.4 Å². The first-order valence-electron chi connectivity index (χ1n) is 9.49. The minimum atomic E-state index is -0.00879. The lowest BCUT2D eigenvalue weighted by molar-refractivity contribution is -0.124. The molecule has 0 bridgehead atoms. The van der Waals surface area contributed by atoms with Crippen LogP contribution in [0.5, 0.6) is 0 Å². The standard InChI is InChI=1S/C18H28N6OS/c1-4-11-26-18-21-15(23-8-5-6-9-23)14-12-20-24(16(14)22-18)10-7-19-17(25)13(2)3/h12-13H,4-11H2,1-3H3,(H,19,25). The van der Waals surface area contributed by atoms with E-state index < -0.39 is 0 Å². The van der Waals surface area contributed by atoms with Gasteiger partial charge in [0.05, 0.1) is 18.1 Å². The van der Waals surface area contributed by atoms with Gasteiger partial charge in [-0.15, -0.1) is 0 Å². The van der Waals surface area contributed by atoms with Gasteiger partial charge in [0.1, 0.15) is 5.82 Å². The van der Waals surface area contributed by atoms with Gasteiger partial charge in [0.2, 0.25) is 5.91 Å². The largest absolute Gasteiger partial charge is 0.356 e. The van der Waals surface area contributed by atoms with Crippen LogP contribution in [-0.4, -0.2) is 51.0 Å². The highest BCUT2D eigenvalue weighted by molar-refractivity contribution is 7.99. The van der Waals surface area contributed by atoms with Crippen molar-refractivity contribution in [1.82, 2.24) is 25.1 Å². The molecule has 0 spiro atoms. The monoisotopic (exact) mass is 376 g/mol. The lowest BCUT2D eigenvalue weighted by Gasteiger charge is -2.18. The normalized spacial score (nSPS) is 14.5. The molecule has 1 saturated heterocycles. The zero-order valence-electron chi connectivity index (χ0n) is 15.9. The molecule has 7 nitrogen and oxygen atoms in total. The van der Waals surface area contributed by atoms with Crippen LogP contribution >= 0.6 is 11.8 Å². The van der Waals surface area contributed by atoms with Crippen molar-refractivity contribution in [3.05, 3.63) is 6.20 Å². The Balaban J connectivity index is 1.85. The Morgan fingerprint density at radius 3 is 2.77 bits per heavy atom. The van der Waals surface area contributed by atoms with E-state index in [-0.39, 0.29) is 11.8 Å². The molecule has 0 aliphatic carbocycles. The lowest BCUT2D eigenvalue weighted by Crippen LogP contribution is -2.30. The predicted molar refractivity (Wildman–Crippen MR) is 106 cm³/mol. The fraction of sp³-hybridized carbons (Fsp3) is 0.667. The lowest BCUT2D eigenvalue weighted by atomic mass is 10.2. The Labute approximate surface area is 158 Å². The summed E-state index contributed by atoms with van der Waals surface area (Å²) in [5.41, 5.74) is 0.860. The summed E-state index contributed by atoms with van der Waals surface area (Å²) in [6.45, 7) is 9.19. The number of hydrogen-bond acceptors (Lipinski definition) is 6. The van der Waals surface area contributed by atoms with Gasteiger partial charge in [-0.1, -0.05) is 32.5 Å². The second kappa shape index (κ2) is 8.70. The highest BCUT2D eigenvalue weighted by atomic mass is 32.2. The quantitative estimate of drug-likeness (QED) is 0.564. The van der Waals surface area contributed by atoms with Crippen molar-refractivity contribution in [2.24, 2.45) is 5.92 Å². The molecule has 3 heterocycles. The van der Waals surface area contributed by atoms with Crippen molar-refractivity contribution >= 4 is 34.5 Å². The van der Waals surface area contributed by atoms with Gasteiger partial charge >= 0.3 is 0 Å². The molecule has 1 fully saturated rings. The number of fused-ring (bicyclic) bond motifs is 1. The summed E-state index contributed by atoms with van der Waals surface area (Å²) in [5.74, 6) is 2.06. The first kappa shape index (κ1) is 18.9. The third-order valence-corrected chi connectivity index (χ3v) is 5.50. The summed E-state index contributed by atoms with van der Waals surface area (Å²) < 4.78 is 1.88. The predicted octanol–water partition coefficient (Wildman–Crippen LogP) is 2.70. The Bertz CT molecular complexity index is 753. The number of rotatable bonds is 8. The molecule has 1 N–H and O–H groups in total. The van der Waals surface area contributed by atoms with Gasteiger partial charge in [0.15, 0.2) is 10.8 Å². The van der Waals surface area contributed by atoms with E-state index in [1.165, 1.54) is 12.8 Å². The molecule has 26 heavy (non-hydrogen) atoms. The minimum Gasteiger partial charge on any atom is -0.356 e.